The molecule has 0 spiro atoms. The standard InChI is InChI=1S/C20H18N4/c1-13-7-9-16(11-14(13)2)22-19-10-8-15(12-21-19)20-23-17-5-3-4-6-18(17)24-20/h3-12H,1-2H3,(H,21,22)(H,23,24). The molecule has 4 aromatic rings. The van der Waals surface area contributed by atoms with Gasteiger partial charge in [0.1, 0.15) is 11.6 Å². The van der Waals surface area contributed by atoms with Crippen molar-refractivity contribution in [3.63, 3.8) is 0 Å². The summed E-state index contributed by atoms with van der Waals surface area (Å²) < 4.78 is 0. The van der Waals surface area contributed by atoms with Crippen molar-refractivity contribution in [1.82, 2.24) is 15.0 Å². The Hall–Kier alpha value is -3.14. The van der Waals surface area contributed by atoms with Crippen LogP contribution in [-0.2, 0) is 0 Å². The highest BCUT2D eigenvalue weighted by Crippen LogP contribution is 2.22. The normalized spacial score (nSPS) is 10.9. The van der Waals surface area contributed by atoms with Crippen LogP contribution in [0.25, 0.3) is 22.4 Å². The zero-order chi connectivity index (χ0) is 16.5. The molecule has 2 aromatic carbocycles. The predicted octanol–water partition coefficient (Wildman–Crippen LogP) is 4.99. The van der Waals surface area contributed by atoms with Gasteiger partial charge in [-0.1, -0.05) is 18.2 Å². The molecule has 0 aliphatic carbocycles. The van der Waals surface area contributed by atoms with Gasteiger partial charge in [0.2, 0.25) is 0 Å². The maximum Gasteiger partial charge on any atom is 0.140 e. The van der Waals surface area contributed by atoms with Gasteiger partial charge in [-0.15, -0.1) is 0 Å². The monoisotopic (exact) mass is 314 g/mol. The second-order valence-corrected chi connectivity index (χ2v) is 5.96. The first-order valence-corrected chi connectivity index (χ1v) is 7.94. The molecule has 0 aliphatic rings. The summed E-state index contributed by atoms with van der Waals surface area (Å²) in [6.07, 6.45) is 1.83. The molecule has 0 radical (unpaired) electrons. The average Bonchev–Trinajstić information content (AvgIpc) is 3.03. The number of rotatable bonds is 3. The Morgan fingerprint density at radius 1 is 0.917 bits per heavy atom. The summed E-state index contributed by atoms with van der Waals surface area (Å²) in [7, 11) is 0. The highest BCUT2D eigenvalue weighted by molar-refractivity contribution is 5.79. The predicted molar refractivity (Wildman–Crippen MR) is 98.5 cm³/mol. The fourth-order valence-electron chi connectivity index (χ4n) is 2.66. The summed E-state index contributed by atoms with van der Waals surface area (Å²) in [4.78, 5) is 12.4. The molecule has 0 saturated heterocycles. The molecule has 0 aliphatic heterocycles. The van der Waals surface area contributed by atoms with Crippen LogP contribution in [0.2, 0.25) is 0 Å². The Bertz CT molecular complexity index is 967. The third kappa shape index (κ3) is 2.74. The number of benzene rings is 2. The van der Waals surface area contributed by atoms with Crippen molar-refractivity contribution in [1.29, 1.82) is 0 Å². The molecule has 4 nitrogen and oxygen atoms in total. The van der Waals surface area contributed by atoms with Crippen molar-refractivity contribution >= 4 is 22.5 Å². The van der Waals surface area contributed by atoms with Crippen molar-refractivity contribution in [2.45, 2.75) is 13.8 Å². The van der Waals surface area contributed by atoms with E-state index in [0.29, 0.717) is 0 Å². The Morgan fingerprint density at radius 2 is 1.79 bits per heavy atom. The Balaban J connectivity index is 1.58. The van der Waals surface area contributed by atoms with Gasteiger partial charge in [0.15, 0.2) is 0 Å². The zero-order valence-corrected chi connectivity index (χ0v) is 13.7. The Kier molecular flexibility index (Phi) is 3.50. The molecule has 24 heavy (non-hydrogen) atoms. The quantitative estimate of drug-likeness (QED) is 0.560. The number of nitrogens with zero attached hydrogens (tertiary/aromatic N) is 2. The first-order chi connectivity index (χ1) is 11.7. The topological polar surface area (TPSA) is 53.6 Å². The van der Waals surface area contributed by atoms with Crippen LogP contribution in [0.1, 0.15) is 11.1 Å². The fraction of sp³-hybridized carbons (Fsp3) is 0.100. The molecule has 4 heteroatoms. The number of aromatic nitrogens is 3. The summed E-state index contributed by atoms with van der Waals surface area (Å²) in [6.45, 7) is 4.22. The van der Waals surface area contributed by atoms with Crippen LogP contribution in [0.15, 0.2) is 60.8 Å². The van der Waals surface area contributed by atoms with Gasteiger partial charge < -0.3 is 10.3 Å². The van der Waals surface area contributed by atoms with E-state index in [-0.39, 0.29) is 0 Å². The van der Waals surface area contributed by atoms with Crippen molar-refractivity contribution in [2.75, 3.05) is 5.32 Å². The van der Waals surface area contributed by atoms with Crippen LogP contribution >= 0.6 is 0 Å². The van der Waals surface area contributed by atoms with Crippen LogP contribution in [0.5, 0.6) is 0 Å². The smallest absolute Gasteiger partial charge is 0.140 e. The molecule has 4 rings (SSSR count). The molecule has 2 heterocycles. The number of hydrogen-bond acceptors (Lipinski definition) is 3. The summed E-state index contributed by atoms with van der Waals surface area (Å²) >= 11 is 0. The maximum atomic E-state index is 4.60. The number of H-pyrrole nitrogens is 1. The largest absolute Gasteiger partial charge is 0.340 e. The third-order valence-corrected chi connectivity index (χ3v) is 4.21. The maximum absolute atomic E-state index is 4.60. The highest BCUT2D eigenvalue weighted by atomic mass is 15.0. The second-order valence-electron chi connectivity index (χ2n) is 5.96. The second kappa shape index (κ2) is 5.81. The van der Waals surface area contributed by atoms with E-state index in [0.717, 1.165) is 33.9 Å². The van der Waals surface area contributed by atoms with Crippen LogP contribution in [-0.4, -0.2) is 15.0 Å². The van der Waals surface area contributed by atoms with Gasteiger partial charge in [-0.2, -0.15) is 0 Å². The minimum atomic E-state index is 0.818. The summed E-state index contributed by atoms with van der Waals surface area (Å²) in [5, 5.41) is 3.34. The van der Waals surface area contributed by atoms with Crippen LogP contribution in [0.4, 0.5) is 11.5 Å². The molecule has 0 bridgehead atoms. The lowest BCUT2D eigenvalue weighted by Gasteiger charge is -2.08. The first-order valence-electron chi connectivity index (χ1n) is 7.94. The third-order valence-electron chi connectivity index (χ3n) is 4.21. The lowest BCUT2D eigenvalue weighted by atomic mass is 10.1. The van der Waals surface area contributed by atoms with Crippen LogP contribution in [0.3, 0.4) is 0 Å². The van der Waals surface area contributed by atoms with Crippen molar-refractivity contribution in [3.8, 4) is 11.4 Å². The van der Waals surface area contributed by atoms with Crippen molar-refractivity contribution in [3.05, 3.63) is 71.9 Å². The van der Waals surface area contributed by atoms with E-state index >= 15 is 0 Å². The number of hydrogen-bond donors (Lipinski definition) is 2. The number of pyridine rings is 1. The molecule has 0 amide bonds. The molecular weight excluding hydrogens is 296 g/mol. The van der Waals surface area contributed by atoms with E-state index < -0.39 is 0 Å². The molecule has 2 N–H and O–H groups in total. The molecule has 2 aromatic heterocycles. The van der Waals surface area contributed by atoms with E-state index in [1.165, 1.54) is 11.1 Å². The fourth-order valence-corrected chi connectivity index (χ4v) is 2.66. The molecule has 0 atom stereocenters. The molecular formula is C20H18N4. The van der Waals surface area contributed by atoms with Gasteiger partial charge in [-0.05, 0) is 61.4 Å². The van der Waals surface area contributed by atoms with Gasteiger partial charge in [-0.3, -0.25) is 0 Å². The van der Waals surface area contributed by atoms with E-state index in [1.54, 1.807) is 0 Å². The highest BCUT2D eigenvalue weighted by Gasteiger charge is 2.06. The van der Waals surface area contributed by atoms with E-state index in [4.69, 9.17) is 0 Å². The van der Waals surface area contributed by atoms with E-state index in [9.17, 15) is 0 Å². The van der Waals surface area contributed by atoms with Gasteiger partial charge in [0.25, 0.3) is 0 Å². The van der Waals surface area contributed by atoms with E-state index in [2.05, 4.69) is 52.3 Å². The average molecular weight is 314 g/mol. The summed E-state index contributed by atoms with van der Waals surface area (Å²) in [5.41, 5.74) is 6.56. The van der Waals surface area contributed by atoms with Gasteiger partial charge in [0, 0.05) is 17.4 Å². The van der Waals surface area contributed by atoms with Gasteiger partial charge in [0.05, 0.1) is 11.0 Å². The van der Waals surface area contributed by atoms with Crippen molar-refractivity contribution in [2.24, 2.45) is 0 Å². The number of aryl methyl sites for hydroxylation is 2. The number of para-hydroxylation sites is 2. The van der Waals surface area contributed by atoms with Gasteiger partial charge in [-0.25, -0.2) is 9.97 Å². The first kappa shape index (κ1) is 14.5. The Morgan fingerprint density at radius 3 is 2.54 bits per heavy atom. The van der Waals surface area contributed by atoms with Crippen molar-refractivity contribution < 1.29 is 0 Å². The van der Waals surface area contributed by atoms with Crippen LogP contribution < -0.4 is 5.32 Å². The summed E-state index contributed by atoms with van der Waals surface area (Å²) in [6, 6.07) is 18.3. The molecule has 0 saturated carbocycles. The minimum absolute atomic E-state index is 0.818. The van der Waals surface area contributed by atoms with Gasteiger partial charge >= 0.3 is 0 Å². The van der Waals surface area contributed by atoms with Crippen LogP contribution in [0, 0.1) is 13.8 Å². The van der Waals surface area contributed by atoms with E-state index in [1.807, 2.05) is 42.6 Å². The number of aromatic amines is 1. The Labute approximate surface area is 140 Å². The lowest BCUT2D eigenvalue weighted by molar-refractivity contribution is 1.26. The molecule has 0 fully saturated rings. The molecule has 118 valence electrons. The summed E-state index contributed by atoms with van der Waals surface area (Å²) in [5.74, 6) is 1.65. The SMILES string of the molecule is Cc1ccc(Nc2ccc(-c3nc4ccccc4[nH]3)cn2)cc1C. The number of fused-ring (bicyclic) bond motifs is 1. The minimum Gasteiger partial charge on any atom is -0.340 e. The number of anilines is 2. The number of imidazole rings is 1. The molecule has 0 unspecified atom stereocenters. The zero-order valence-electron chi connectivity index (χ0n) is 13.7. The lowest BCUT2D eigenvalue weighted by Crippen LogP contribution is -1.94. The number of nitrogens with one attached hydrogen (secondary N) is 2.